The number of hydrogen-bond donors (Lipinski definition) is 1. The molecule has 1 N–H and O–H groups in total. The van der Waals surface area contributed by atoms with Gasteiger partial charge >= 0.3 is 0 Å². The maximum atomic E-state index is 13.9. The van der Waals surface area contributed by atoms with Gasteiger partial charge in [-0.1, -0.05) is 22.8 Å². The quantitative estimate of drug-likeness (QED) is 0.441. The lowest BCUT2D eigenvalue weighted by atomic mass is 9.83. The number of aromatic nitrogens is 6. The Morgan fingerprint density at radius 2 is 2.06 bits per heavy atom. The molecule has 0 saturated heterocycles. The van der Waals surface area contributed by atoms with Crippen LogP contribution in [-0.2, 0) is 12.5 Å². The van der Waals surface area contributed by atoms with Crippen LogP contribution in [0.2, 0.25) is 5.15 Å². The largest absolute Gasteiger partial charge is 0.354 e. The first-order valence-electron chi connectivity index (χ1n) is 9.32. The van der Waals surface area contributed by atoms with Crippen LogP contribution in [0.25, 0.3) is 11.5 Å². The van der Waals surface area contributed by atoms with Crippen molar-refractivity contribution in [2.45, 2.75) is 12.3 Å². The summed E-state index contributed by atoms with van der Waals surface area (Å²) in [5.41, 5.74) is -0.0966. The third-order valence-electron chi connectivity index (χ3n) is 4.83. The number of carbonyl (C=O) groups is 1. The second-order valence-electron chi connectivity index (χ2n) is 7.14. The molecule has 4 rings (SSSR count). The number of hydrogen-bond acceptors (Lipinski definition) is 7. The van der Waals surface area contributed by atoms with Crippen molar-refractivity contribution in [1.29, 1.82) is 0 Å². The van der Waals surface area contributed by atoms with E-state index in [1.165, 1.54) is 10.9 Å². The molecule has 9 nitrogen and oxygen atoms in total. The van der Waals surface area contributed by atoms with E-state index in [0.717, 1.165) is 6.20 Å². The number of carbonyl (C=O) groups excluding carboxylic acids is 1. The van der Waals surface area contributed by atoms with E-state index in [0.29, 0.717) is 22.6 Å². The predicted molar refractivity (Wildman–Crippen MR) is 109 cm³/mol. The molecule has 1 amide bonds. The van der Waals surface area contributed by atoms with Gasteiger partial charge in [0.05, 0.1) is 29.2 Å². The van der Waals surface area contributed by atoms with Crippen LogP contribution in [0.15, 0.2) is 47.2 Å². The molecule has 0 spiro atoms. The van der Waals surface area contributed by atoms with Gasteiger partial charge in [0.15, 0.2) is 17.3 Å². The molecule has 0 bridgehead atoms. The number of nitrogens with zero attached hydrogens (tertiary/aromatic N) is 6. The van der Waals surface area contributed by atoms with Crippen LogP contribution in [-0.4, -0.2) is 42.6 Å². The van der Waals surface area contributed by atoms with E-state index in [-0.39, 0.29) is 23.7 Å². The van der Waals surface area contributed by atoms with E-state index in [9.17, 15) is 13.6 Å². The summed E-state index contributed by atoms with van der Waals surface area (Å²) in [6.45, 7) is 1.91. The van der Waals surface area contributed by atoms with E-state index in [1.54, 1.807) is 31.4 Å². The van der Waals surface area contributed by atoms with Crippen LogP contribution in [0.5, 0.6) is 0 Å². The van der Waals surface area contributed by atoms with Crippen molar-refractivity contribution in [3.63, 3.8) is 0 Å². The highest BCUT2D eigenvalue weighted by Gasteiger charge is 2.34. The van der Waals surface area contributed by atoms with Crippen LogP contribution in [0.1, 0.15) is 28.8 Å². The SMILES string of the molecule is Cn1ncc(C(C)(CNC(=O)c2cc(-c3ncc(F)cc3F)on2)c2cccc(Cl)n2)n1. The van der Waals surface area contributed by atoms with Crippen molar-refractivity contribution >= 4 is 17.5 Å². The van der Waals surface area contributed by atoms with Crippen LogP contribution in [0.3, 0.4) is 0 Å². The first-order valence-corrected chi connectivity index (χ1v) is 9.70. The van der Waals surface area contributed by atoms with Crippen LogP contribution < -0.4 is 5.32 Å². The Bertz CT molecular complexity index is 1290. The second kappa shape index (κ2) is 8.42. The third-order valence-corrected chi connectivity index (χ3v) is 5.04. The van der Waals surface area contributed by atoms with Gasteiger partial charge in [-0.2, -0.15) is 15.0 Å². The fourth-order valence-corrected chi connectivity index (χ4v) is 3.23. The lowest BCUT2D eigenvalue weighted by Gasteiger charge is -2.27. The topological polar surface area (TPSA) is 112 Å². The molecular formula is C20H16ClF2N7O2. The number of amides is 1. The van der Waals surface area contributed by atoms with Crippen molar-refractivity contribution in [3.8, 4) is 11.5 Å². The Morgan fingerprint density at radius 3 is 2.75 bits per heavy atom. The molecule has 32 heavy (non-hydrogen) atoms. The number of halogens is 3. The molecule has 4 aromatic rings. The van der Waals surface area contributed by atoms with Crippen LogP contribution in [0, 0.1) is 11.6 Å². The minimum absolute atomic E-state index is 0.0726. The molecule has 0 aliphatic carbocycles. The Kier molecular flexibility index (Phi) is 5.66. The summed E-state index contributed by atoms with van der Waals surface area (Å²) >= 11 is 6.06. The van der Waals surface area contributed by atoms with E-state index in [2.05, 4.69) is 30.6 Å². The van der Waals surface area contributed by atoms with Gasteiger partial charge in [-0.25, -0.2) is 18.7 Å². The highest BCUT2D eigenvalue weighted by atomic mass is 35.5. The normalized spacial score (nSPS) is 13.0. The first kappa shape index (κ1) is 21.5. The number of rotatable bonds is 6. The van der Waals surface area contributed by atoms with Crippen LogP contribution in [0.4, 0.5) is 8.78 Å². The van der Waals surface area contributed by atoms with Crippen molar-refractivity contribution in [3.05, 3.63) is 76.6 Å². The zero-order chi connectivity index (χ0) is 22.9. The van der Waals surface area contributed by atoms with Crippen molar-refractivity contribution in [2.24, 2.45) is 7.05 Å². The lowest BCUT2D eigenvalue weighted by Crippen LogP contribution is -2.40. The molecule has 0 radical (unpaired) electrons. The summed E-state index contributed by atoms with van der Waals surface area (Å²) in [6.07, 6.45) is 2.41. The van der Waals surface area contributed by atoms with Crippen molar-refractivity contribution in [2.75, 3.05) is 6.54 Å². The van der Waals surface area contributed by atoms with Crippen molar-refractivity contribution < 1.29 is 18.1 Å². The molecule has 12 heteroatoms. The van der Waals surface area contributed by atoms with E-state index >= 15 is 0 Å². The minimum Gasteiger partial charge on any atom is -0.354 e. The Hall–Kier alpha value is -3.73. The molecule has 0 aliphatic heterocycles. The highest BCUT2D eigenvalue weighted by molar-refractivity contribution is 6.29. The van der Waals surface area contributed by atoms with Gasteiger partial charge in [0.2, 0.25) is 0 Å². The Labute approximate surface area is 185 Å². The first-order chi connectivity index (χ1) is 15.3. The summed E-state index contributed by atoms with van der Waals surface area (Å²) in [7, 11) is 1.67. The lowest BCUT2D eigenvalue weighted by molar-refractivity contribution is 0.0938. The predicted octanol–water partition coefficient (Wildman–Crippen LogP) is 2.93. The fourth-order valence-electron chi connectivity index (χ4n) is 3.06. The summed E-state index contributed by atoms with van der Waals surface area (Å²) in [6, 6.07) is 7.03. The van der Waals surface area contributed by atoms with Gasteiger partial charge in [0.1, 0.15) is 16.7 Å². The number of nitrogens with one attached hydrogen (secondary N) is 1. The summed E-state index contributed by atoms with van der Waals surface area (Å²) in [5.74, 6) is -2.46. The fraction of sp³-hybridized carbons (Fsp3) is 0.200. The molecule has 0 saturated carbocycles. The van der Waals surface area contributed by atoms with E-state index in [4.69, 9.17) is 16.1 Å². The molecule has 1 unspecified atom stereocenters. The summed E-state index contributed by atoms with van der Waals surface area (Å²) in [4.78, 5) is 22.1. The molecule has 0 aromatic carbocycles. The second-order valence-corrected chi connectivity index (χ2v) is 7.53. The van der Waals surface area contributed by atoms with Crippen molar-refractivity contribution in [1.82, 2.24) is 35.4 Å². The third kappa shape index (κ3) is 4.19. The summed E-state index contributed by atoms with van der Waals surface area (Å²) < 4.78 is 32.0. The van der Waals surface area contributed by atoms with Gasteiger partial charge in [-0.3, -0.25) is 4.79 Å². The Balaban J connectivity index is 1.58. The molecule has 4 aromatic heterocycles. The Morgan fingerprint density at radius 1 is 1.25 bits per heavy atom. The molecule has 4 heterocycles. The molecule has 0 aliphatic rings. The molecule has 1 atom stereocenters. The smallest absolute Gasteiger partial charge is 0.273 e. The monoisotopic (exact) mass is 459 g/mol. The maximum Gasteiger partial charge on any atom is 0.273 e. The zero-order valence-electron chi connectivity index (χ0n) is 16.9. The molecule has 164 valence electrons. The van der Waals surface area contributed by atoms with Gasteiger partial charge < -0.3 is 9.84 Å². The maximum absolute atomic E-state index is 13.9. The number of aryl methyl sites for hydroxylation is 1. The van der Waals surface area contributed by atoms with Gasteiger partial charge in [-0.05, 0) is 19.1 Å². The van der Waals surface area contributed by atoms with Gasteiger partial charge in [0.25, 0.3) is 5.91 Å². The zero-order valence-corrected chi connectivity index (χ0v) is 17.6. The molecular weight excluding hydrogens is 444 g/mol. The minimum atomic E-state index is -0.935. The summed E-state index contributed by atoms with van der Waals surface area (Å²) in [5, 5.41) is 15.2. The average Bonchev–Trinajstić information content (AvgIpc) is 3.41. The van der Waals surface area contributed by atoms with E-state index in [1.807, 2.05) is 6.92 Å². The average molecular weight is 460 g/mol. The standard InChI is InChI=1S/C20H16ClF2N7O2/c1-20(16-9-26-30(2)28-16,15-4-3-5-17(21)27-15)10-25-19(31)13-7-14(32-29-13)18-12(23)6-11(22)8-24-18/h3-9H,10H2,1-2H3,(H,25,31). The number of pyridine rings is 2. The van der Waals surface area contributed by atoms with Crippen LogP contribution >= 0.6 is 11.6 Å². The van der Waals surface area contributed by atoms with Gasteiger partial charge in [-0.15, -0.1) is 0 Å². The highest BCUT2D eigenvalue weighted by Crippen LogP contribution is 2.29. The molecule has 0 fully saturated rings. The van der Waals surface area contributed by atoms with E-state index < -0.39 is 23.0 Å². The van der Waals surface area contributed by atoms with Gasteiger partial charge in [0, 0.05) is 25.7 Å².